The van der Waals surface area contributed by atoms with Crippen LogP contribution in [0.1, 0.15) is 46.8 Å². The van der Waals surface area contributed by atoms with Crippen LogP contribution >= 0.6 is 0 Å². The maximum atomic E-state index is 12.6. The molecule has 156 valence electrons. The van der Waals surface area contributed by atoms with Gasteiger partial charge in [0.2, 0.25) is 0 Å². The number of methoxy groups -OCH3 is 1. The monoisotopic (exact) mass is 403 g/mol. The van der Waals surface area contributed by atoms with E-state index in [-0.39, 0.29) is 5.91 Å². The van der Waals surface area contributed by atoms with Crippen molar-refractivity contribution in [2.45, 2.75) is 32.8 Å². The van der Waals surface area contributed by atoms with Gasteiger partial charge in [0.1, 0.15) is 18.1 Å². The van der Waals surface area contributed by atoms with Crippen molar-refractivity contribution < 1.29 is 14.3 Å². The molecule has 0 aliphatic rings. The quantitative estimate of drug-likeness (QED) is 0.522. The van der Waals surface area contributed by atoms with Crippen molar-refractivity contribution in [3.05, 3.63) is 95.1 Å². The van der Waals surface area contributed by atoms with Crippen molar-refractivity contribution >= 4 is 5.91 Å². The van der Waals surface area contributed by atoms with Gasteiger partial charge >= 0.3 is 0 Å². The van der Waals surface area contributed by atoms with E-state index in [0.717, 1.165) is 23.3 Å². The zero-order valence-electron chi connectivity index (χ0n) is 17.9. The fraction of sp³-hybridized carbons (Fsp3) is 0.269. The molecule has 0 saturated heterocycles. The number of carbonyl (C=O) groups is 1. The maximum Gasteiger partial charge on any atom is 0.251 e. The van der Waals surface area contributed by atoms with Gasteiger partial charge in [-0.2, -0.15) is 0 Å². The van der Waals surface area contributed by atoms with E-state index < -0.39 is 0 Å². The van der Waals surface area contributed by atoms with Gasteiger partial charge < -0.3 is 14.8 Å². The average Bonchev–Trinajstić information content (AvgIpc) is 2.78. The van der Waals surface area contributed by atoms with E-state index in [4.69, 9.17) is 9.47 Å². The summed E-state index contributed by atoms with van der Waals surface area (Å²) in [4.78, 5) is 12.6. The van der Waals surface area contributed by atoms with E-state index in [2.05, 4.69) is 37.4 Å². The van der Waals surface area contributed by atoms with Crippen LogP contribution in [0, 0.1) is 0 Å². The van der Waals surface area contributed by atoms with Crippen LogP contribution in [0.2, 0.25) is 0 Å². The standard InChI is InChI=1S/C26H29NO3/c1-19(2)23-11-7-8-12-25(23)30-18-22-17-21(13-14-24(22)29-3)26(28)27-16-15-20-9-5-4-6-10-20/h4-14,17,19H,15-16,18H2,1-3H3,(H,27,28). The molecule has 30 heavy (non-hydrogen) atoms. The topological polar surface area (TPSA) is 47.6 Å². The van der Waals surface area contributed by atoms with Crippen LogP contribution in [0.15, 0.2) is 72.8 Å². The van der Waals surface area contributed by atoms with Crippen LogP contribution in [0.5, 0.6) is 11.5 Å². The van der Waals surface area contributed by atoms with Crippen LogP contribution in [0.4, 0.5) is 0 Å². The van der Waals surface area contributed by atoms with Gasteiger partial charge in [0, 0.05) is 17.7 Å². The van der Waals surface area contributed by atoms with E-state index in [0.29, 0.717) is 30.4 Å². The molecule has 1 N–H and O–H groups in total. The lowest BCUT2D eigenvalue weighted by molar-refractivity contribution is 0.0954. The molecule has 0 saturated carbocycles. The second kappa shape index (κ2) is 10.5. The van der Waals surface area contributed by atoms with Gasteiger partial charge in [-0.25, -0.2) is 0 Å². The minimum absolute atomic E-state index is 0.0996. The average molecular weight is 404 g/mol. The first-order chi connectivity index (χ1) is 14.6. The van der Waals surface area contributed by atoms with E-state index in [1.54, 1.807) is 13.2 Å². The number of para-hydroxylation sites is 1. The number of rotatable bonds is 9. The minimum Gasteiger partial charge on any atom is -0.496 e. The van der Waals surface area contributed by atoms with Crippen LogP contribution < -0.4 is 14.8 Å². The first-order valence-corrected chi connectivity index (χ1v) is 10.3. The van der Waals surface area contributed by atoms with Gasteiger partial charge in [-0.3, -0.25) is 4.79 Å². The van der Waals surface area contributed by atoms with Gasteiger partial charge in [-0.05, 0) is 47.7 Å². The van der Waals surface area contributed by atoms with Crippen LogP contribution in [0.3, 0.4) is 0 Å². The Hall–Kier alpha value is -3.27. The zero-order valence-corrected chi connectivity index (χ0v) is 17.9. The summed E-state index contributed by atoms with van der Waals surface area (Å²) in [6.45, 7) is 5.20. The Morgan fingerprint density at radius 1 is 0.933 bits per heavy atom. The lowest BCUT2D eigenvalue weighted by Crippen LogP contribution is -2.25. The largest absolute Gasteiger partial charge is 0.496 e. The third-order valence-corrected chi connectivity index (χ3v) is 5.01. The van der Waals surface area contributed by atoms with E-state index in [1.807, 2.05) is 48.5 Å². The van der Waals surface area contributed by atoms with Crippen molar-refractivity contribution in [2.75, 3.05) is 13.7 Å². The number of hydrogen-bond donors (Lipinski definition) is 1. The summed E-state index contributed by atoms with van der Waals surface area (Å²) < 4.78 is 11.6. The highest BCUT2D eigenvalue weighted by molar-refractivity contribution is 5.94. The van der Waals surface area contributed by atoms with E-state index in [9.17, 15) is 4.79 Å². The van der Waals surface area contributed by atoms with Crippen LogP contribution in [-0.2, 0) is 13.0 Å². The number of amides is 1. The Kier molecular flexibility index (Phi) is 7.50. The van der Waals surface area contributed by atoms with E-state index in [1.165, 1.54) is 5.56 Å². The molecule has 3 rings (SSSR count). The predicted octanol–water partition coefficient (Wildman–Crippen LogP) is 5.37. The van der Waals surface area contributed by atoms with Crippen LogP contribution in [-0.4, -0.2) is 19.6 Å². The molecule has 1 amide bonds. The second-order valence-corrected chi connectivity index (χ2v) is 7.50. The highest BCUT2D eigenvalue weighted by atomic mass is 16.5. The third-order valence-electron chi connectivity index (χ3n) is 5.01. The van der Waals surface area contributed by atoms with Crippen molar-refractivity contribution in [3.8, 4) is 11.5 Å². The molecule has 0 aliphatic carbocycles. The number of nitrogens with one attached hydrogen (secondary N) is 1. The summed E-state index contributed by atoms with van der Waals surface area (Å²) in [5, 5.41) is 2.99. The lowest BCUT2D eigenvalue weighted by atomic mass is 10.0. The van der Waals surface area contributed by atoms with Gasteiger partial charge in [0.05, 0.1) is 7.11 Å². The smallest absolute Gasteiger partial charge is 0.251 e. The maximum absolute atomic E-state index is 12.6. The van der Waals surface area contributed by atoms with Crippen LogP contribution in [0.25, 0.3) is 0 Å². The highest BCUT2D eigenvalue weighted by Gasteiger charge is 2.12. The van der Waals surface area contributed by atoms with Crippen molar-refractivity contribution in [1.82, 2.24) is 5.32 Å². The SMILES string of the molecule is COc1ccc(C(=O)NCCc2ccccc2)cc1COc1ccccc1C(C)C. The Morgan fingerprint density at radius 2 is 1.67 bits per heavy atom. The van der Waals surface area contributed by atoms with Crippen molar-refractivity contribution in [1.29, 1.82) is 0 Å². The molecular weight excluding hydrogens is 374 g/mol. The molecule has 0 heterocycles. The summed E-state index contributed by atoms with van der Waals surface area (Å²) in [5.41, 5.74) is 3.79. The Bertz CT molecular complexity index is 967. The van der Waals surface area contributed by atoms with Gasteiger partial charge in [0.25, 0.3) is 5.91 Å². The first-order valence-electron chi connectivity index (χ1n) is 10.3. The number of ether oxygens (including phenoxy) is 2. The Morgan fingerprint density at radius 3 is 2.40 bits per heavy atom. The lowest BCUT2D eigenvalue weighted by Gasteiger charge is -2.16. The normalized spacial score (nSPS) is 10.7. The molecule has 0 aliphatic heterocycles. The Balaban J connectivity index is 1.66. The second-order valence-electron chi connectivity index (χ2n) is 7.50. The minimum atomic E-state index is -0.0996. The molecule has 0 spiro atoms. The zero-order chi connectivity index (χ0) is 21.3. The van der Waals surface area contributed by atoms with Crippen molar-refractivity contribution in [2.24, 2.45) is 0 Å². The molecule has 0 bridgehead atoms. The molecule has 0 atom stereocenters. The van der Waals surface area contributed by atoms with Gasteiger partial charge in [0.15, 0.2) is 0 Å². The molecule has 3 aromatic rings. The molecule has 4 heteroatoms. The Labute approximate surface area is 178 Å². The number of carbonyl (C=O) groups excluding carboxylic acids is 1. The van der Waals surface area contributed by atoms with Crippen molar-refractivity contribution in [3.63, 3.8) is 0 Å². The first kappa shape index (κ1) is 21.4. The highest BCUT2D eigenvalue weighted by Crippen LogP contribution is 2.28. The number of hydrogen-bond acceptors (Lipinski definition) is 3. The number of benzene rings is 3. The summed E-state index contributed by atoms with van der Waals surface area (Å²) >= 11 is 0. The summed E-state index contributed by atoms with van der Waals surface area (Å²) in [6.07, 6.45) is 0.796. The molecule has 4 nitrogen and oxygen atoms in total. The summed E-state index contributed by atoms with van der Waals surface area (Å²) in [5.74, 6) is 1.83. The predicted molar refractivity (Wildman–Crippen MR) is 120 cm³/mol. The molecule has 0 fully saturated rings. The van der Waals surface area contributed by atoms with E-state index >= 15 is 0 Å². The van der Waals surface area contributed by atoms with Gasteiger partial charge in [-0.15, -0.1) is 0 Å². The fourth-order valence-electron chi connectivity index (χ4n) is 3.34. The fourth-order valence-corrected chi connectivity index (χ4v) is 3.34. The molecule has 3 aromatic carbocycles. The van der Waals surface area contributed by atoms with Gasteiger partial charge in [-0.1, -0.05) is 62.4 Å². The molecule has 0 radical (unpaired) electrons. The molecule has 0 unspecified atom stereocenters. The molecular formula is C26H29NO3. The summed E-state index contributed by atoms with van der Waals surface area (Å²) in [6, 6.07) is 23.6. The summed E-state index contributed by atoms with van der Waals surface area (Å²) in [7, 11) is 1.63. The third kappa shape index (κ3) is 5.63. The molecule has 0 aromatic heterocycles.